The summed E-state index contributed by atoms with van der Waals surface area (Å²) in [5.74, 6) is -0.611. The first-order valence-corrected chi connectivity index (χ1v) is 13.0. The van der Waals surface area contributed by atoms with Gasteiger partial charge in [0.05, 0.1) is 11.1 Å². The van der Waals surface area contributed by atoms with Crippen LogP contribution in [0.5, 0.6) is 0 Å². The van der Waals surface area contributed by atoms with Crippen LogP contribution in [0.15, 0.2) is 109 Å². The van der Waals surface area contributed by atoms with Gasteiger partial charge in [-0.25, -0.2) is 9.59 Å². The van der Waals surface area contributed by atoms with Crippen molar-refractivity contribution in [3.8, 4) is 0 Å². The number of hydrogen-bond donors (Lipinski definition) is 0. The summed E-state index contributed by atoms with van der Waals surface area (Å²) in [5, 5.41) is 0. The van der Waals surface area contributed by atoms with Crippen LogP contribution in [0.2, 0.25) is 0 Å². The van der Waals surface area contributed by atoms with E-state index >= 15 is 0 Å². The van der Waals surface area contributed by atoms with E-state index in [-0.39, 0.29) is 11.9 Å². The summed E-state index contributed by atoms with van der Waals surface area (Å²) in [5.41, 5.74) is 2.41. The molecular formula is C34H44O4. The Morgan fingerprint density at radius 3 is 1.24 bits per heavy atom. The maximum absolute atomic E-state index is 12.0. The van der Waals surface area contributed by atoms with Gasteiger partial charge in [0.25, 0.3) is 0 Å². The van der Waals surface area contributed by atoms with Gasteiger partial charge in [0.2, 0.25) is 0 Å². The molecule has 0 saturated carbocycles. The maximum Gasteiger partial charge on any atom is 0.338 e. The van der Waals surface area contributed by atoms with Gasteiger partial charge in [0.1, 0.15) is 11.2 Å². The molecule has 204 valence electrons. The molecule has 2 aromatic rings. The Kier molecular flexibility index (Phi) is 13.8. The molecule has 2 aromatic carbocycles. The molecule has 0 radical (unpaired) electrons. The molecule has 4 heteroatoms. The maximum atomic E-state index is 12.0. The quantitative estimate of drug-likeness (QED) is 0.208. The van der Waals surface area contributed by atoms with Gasteiger partial charge in [-0.1, -0.05) is 72.9 Å². The fourth-order valence-corrected chi connectivity index (χ4v) is 3.37. The molecular weight excluding hydrogens is 472 g/mol. The van der Waals surface area contributed by atoms with Gasteiger partial charge in [-0.15, -0.1) is 0 Å². The van der Waals surface area contributed by atoms with Crippen LogP contribution in [0.1, 0.15) is 87.9 Å². The first-order valence-electron chi connectivity index (χ1n) is 13.0. The minimum absolute atomic E-state index is 0.305. The Hall–Kier alpha value is -3.66. The van der Waals surface area contributed by atoms with Gasteiger partial charge in [0.15, 0.2) is 0 Å². The minimum Gasteiger partial charge on any atom is -0.452 e. The average molecular weight is 517 g/mol. The van der Waals surface area contributed by atoms with Crippen molar-refractivity contribution >= 4 is 11.9 Å². The number of carbonyl (C=O) groups excluding carboxylic acids is 2. The lowest BCUT2D eigenvalue weighted by atomic mass is 9.99. The van der Waals surface area contributed by atoms with Crippen molar-refractivity contribution in [2.45, 2.75) is 78.4 Å². The van der Waals surface area contributed by atoms with Crippen LogP contribution < -0.4 is 0 Å². The van der Waals surface area contributed by atoms with E-state index in [9.17, 15) is 9.59 Å². The number of benzene rings is 2. The predicted molar refractivity (Wildman–Crippen MR) is 158 cm³/mol. The molecule has 0 aromatic heterocycles. The van der Waals surface area contributed by atoms with Crippen molar-refractivity contribution in [2.24, 2.45) is 0 Å². The first-order chi connectivity index (χ1) is 17.9. The van der Waals surface area contributed by atoms with Crippen LogP contribution in [-0.2, 0) is 9.47 Å². The molecule has 4 nitrogen and oxygen atoms in total. The summed E-state index contributed by atoms with van der Waals surface area (Å²) in [6.07, 6.45) is 10.9. The second-order valence-corrected chi connectivity index (χ2v) is 10.2. The Balaban J connectivity index is 0.000000380. The van der Waals surface area contributed by atoms with Gasteiger partial charge in [-0.3, -0.25) is 0 Å². The molecule has 38 heavy (non-hydrogen) atoms. The molecule has 0 heterocycles. The zero-order valence-electron chi connectivity index (χ0n) is 24.0. The van der Waals surface area contributed by atoms with Crippen molar-refractivity contribution in [1.29, 1.82) is 0 Å². The Morgan fingerprint density at radius 1 is 0.658 bits per heavy atom. The fourth-order valence-electron chi connectivity index (χ4n) is 3.37. The van der Waals surface area contributed by atoms with E-state index in [1.165, 1.54) is 11.1 Å². The lowest BCUT2D eigenvalue weighted by Crippen LogP contribution is -2.29. The first kappa shape index (κ1) is 32.4. The predicted octanol–water partition coefficient (Wildman–Crippen LogP) is 9.07. The third-order valence-electron chi connectivity index (χ3n) is 5.92. The van der Waals surface area contributed by atoms with E-state index in [1.807, 2.05) is 50.2 Å². The van der Waals surface area contributed by atoms with Crippen molar-refractivity contribution in [2.75, 3.05) is 0 Å². The zero-order valence-corrected chi connectivity index (χ0v) is 24.0. The largest absolute Gasteiger partial charge is 0.452 e. The highest BCUT2D eigenvalue weighted by molar-refractivity contribution is 5.90. The second-order valence-electron chi connectivity index (χ2n) is 10.2. The Morgan fingerprint density at radius 2 is 0.974 bits per heavy atom. The number of esters is 2. The molecule has 0 saturated heterocycles. The number of carbonyl (C=O) groups is 2. The molecule has 0 aliphatic heterocycles. The monoisotopic (exact) mass is 516 g/mol. The van der Waals surface area contributed by atoms with Gasteiger partial charge >= 0.3 is 11.9 Å². The summed E-state index contributed by atoms with van der Waals surface area (Å²) in [6, 6.07) is 18.1. The van der Waals surface area contributed by atoms with Gasteiger partial charge < -0.3 is 9.47 Å². The van der Waals surface area contributed by atoms with Crippen LogP contribution in [-0.4, -0.2) is 23.1 Å². The topological polar surface area (TPSA) is 52.6 Å². The van der Waals surface area contributed by atoms with Crippen molar-refractivity contribution in [3.05, 3.63) is 120 Å². The van der Waals surface area contributed by atoms with Gasteiger partial charge in [-0.2, -0.15) is 0 Å². The van der Waals surface area contributed by atoms with E-state index in [2.05, 4.69) is 53.0 Å². The van der Waals surface area contributed by atoms with Crippen molar-refractivity contribution < 1.29 is 19.1 Å². The fraction of sp³-hybridized carbons (Fsp3) is 0.353. The van der Waals surface area contributed by atoms with E-state index in [0.717, 1.165) is 25.7 Å². The normalized spacial score (nSPS) is 13.2. The summed E-state index contributed by atoms with van der Waals surface area (Å²) in [6.45, 7) is 19.6. The lowest BCUT2D eigenvalue weighted by molar-refractivity contribution is 0.00727. The third-order valence-corrected chi connectivity index (χ3v) is 5.92. The van der Waals surface area contributed by atoms with E-state index in [0.29, 0.717) is 11.1 Å². The second kappa shape index (κ2) is 16.2. The third kappa shape index (κ3) is 12.5. The van der Waals surface area contributed by atoms with Crippen molar-refractivity contribution in [1.82, 2.24) is 0 Å². The van der Waals surface area contributed by atoms with Crippen LogP contribution in [0, 0.1) is 0 Å². The van der Waals surface area contributed by atoms with Gasteiger partial charge in [-0.05, 0) is 104 Å². The standard InChI is InChI=1S/2C17H22O2/c2*1-5-17(4,13-9-10-14(2)3)19-16(18)15-11-7-6-8-12-15/h2*5-8,10-12H,1,9,13H2,2-4H3. The SMILES string of the molecule is C=CC(C)(CCC=C(C)C)OC(=O)c1ccccc1.C=CC(C)(CCC=C(C)C)OC(=O)c1ccccc1. The molecule has 2 unspecified atom stereocenters. The lowest BCUT2D eigenvalue weighted by Gasteiger charge is -2.25. The average Bonchev–Trinajstić information content (AvgIpc) is 2.89. The highest BCUT2D eigenvalue weighted by Crippen LogP contribution is 2.23. The summed E-state index contributed by atoms with van der Waals surface area (Å²) in [4.78, 5) is 24.1. The zero-order chi connectivity index (χ0) is 28.6. The van der Waals surface area contributed by atoms with E-state index < -0.39 is 11.2 Å². The van der Waals surface area contributed by atoms with Crippen molar-refractivity contribution in [3.63, 3.8) is 0 Å². The summed E-state index contributed by atoms with van der Waals surface area (Å²) < 4.78 is 11.1. The highest BCUT2D eigenvalue weighted by Gasteiger charge is 2.26. The highest BCUT2D eigenvalue weighted by atomic mass is 16.6. The molecule has 0 amide bonds. The van der Waals surface area contributed by atoms with Crippen LogP contribution in [0.4, 0.5) is 0 Å². The van der Waals surface area contributed by atoms with E-state index in [4.69, 9.17) is 9.47 Å². The molecule has 0 fully saturated rings. The van der Waals surface area contributed by atoms with Crippen LogP contribution in [0.3, 0.4) is 0 Å². The number of ether oxygens (including phenoxy) is 2. The molecule has 0 bridgehead atoms. The Labute approximate surface area is 229 Å². The van der Waals surface area contributed by atoms with Crippen LogP contribution in [0.25, 0.3) is 0 Å². The molecule has 2 rings (SSSR count). The van der Waals surface area contributed by atoms with E-state index in [1.54, 1.807) is 36.4 Å². The Bertz CT molecular complexity index is 1000. The van der Waals surface area contributed by atoms with Crippen LogP contribution >= 0.6 is 0 Å². The van der Waals surface area contributed by atoms with Gasteiger partial charge in [0, 0.05) is 0 Å². The summed E-state index contributed by atoms with van der Waals surface area (Å²) >= 11 is 0. The number of hydrogen-bond acceptors (Lipinski definition) is 4. The summed E-state index contributed by atoms with van der Waals surface area (Å²) in [7, 11) is 0. The molecule has 2 atom stereocenters. The number of allylic oxidation sites excluding steroid dienone is 4. The molecule has 0 aliphatic rings. The molecule has 0 aliphatic carbocycles. The molecule has 0 spiro atoms. The number of rotatable bonds is 12. The smallest absolute Gasteiger partial charge is 0.338 e. The molecule has 0 N–H and O–H groups in total. The minimum atomic E-state index is -0.626.